The van der Waals surface area contributed by atoms with Crippen molar-refractivity contribution < 1.29 is 38.3 Å². The van der Waals surface area contributed by atoms with E-state index in [2.05, 4.69) is 31.4 Å². The van der Waals surface area contributed by atoms with Crippen molar-refractivity contribution in [1.29, 1.82) is 0 Å². The summed E-state index contributed by atoms with van der Waals surface area (Å²) in [6.45, 7) is 6.29. The lowest BCUT2D eigenvalue weighted by atomic mass is 9.98. The van der Waals surface area contributed by atoms with Crippen molar-refractivity contribution in [1.82, 2.24) is 25.8 Å². The fraction of sp³-hybridized carbons (Fsp3) is 0.417. The summed E-state index contributed by atoms with van der Waals surface area (Å²) >= 11 is 1.02. The Labute approximate surface area is 304 Å². The van der Waals surface area contributed by atoms with E-state index in [-0.39, 0.29) is 42.0 Å². The molecule has 4 N–H and O–H groups in total. The standard InChI is InChI=1S/C36H41N7O8S/c1-35(2,3)50-34(48)41-32-39-25(21-52-32)27(30(45)40-26-24(38-29(26)44)20-43-19-18-37-33(43)47)42-51-36(16-10-11-17-36)31(46)49-28(22-12-6-4-7-13-22)23-14-8-5-9-15-23/h4-9,12-15,21,24,26,28H,10-11,16-20H2,1-3H3,(H,37,47)(H,38,44)(H,40,45)(H,39,41,48)/b42-27-/t24-,26+/m1/s1. The van der Waals surface area contributed by atoms with Crippen LogP contribution in [0, 0.1) is 0 Å². The van der Waals surface area contributed by atoms with E-state index >= 15 is 0 Å². The maximum absolute atomic E-state index is 14.1. The number of carbonyl (C=O) groups excluding carboxylic acids is 5. The van der Waals surface area contributed by atoms with Gasteiger partial charge in [-0.25, -0.2) is 19.4 Å². The Balaban J connectivity index is 1.26. The van der Waals surface area contributed by atoms with Gasteiger partial charge in [-0.2, -0.15) is 0 Å². The van der Waals surface area contributed by atoms with E-state index in [1.165, 1.54) is 5.38 Å². The zero-order valence-electron chi connectivity index (χ0n) is 29.0. The number of ether oxygens (including phenoxy) is 2. The Hall–Kier alpha value is -5.51. The zero-order valence-corrected chi connectivity index (χ0v) is 29.9. The maximum atomic E-state index is 14.1. The Morgan fingerprint density at radius 2 is 1.69 bits per heavy atom. The first-order chi connectivity index (χ1) is 24.9. The Morgan fingerprint density at radius 1 is 1.04 bits per heavy atom. The minimum atomic E-state index is -1.51. The molecule has 1 saturated carbocycles. The summed E-state index contributed by atoms with van der Waals surface area (Å²) in [6, 6.07) is 16.9. The molecule has 3 aliphatic rings. The number of carbonyl (C=O) groups is 5. The minimum Gasteiger partial charge on any atom is -0.450 e. The van der Waals surface area contributed by atoms with Crippen molar-refractivity contribution in [3.63, 3.8) is 0 Å². The van der Waals surface area contributed by atoms with Gasteiger partial charge in [0.2, 0.25) is 11.5 Å². The fourth-order valence-corrected chi connectivity index (χ4v) is 6.82. The molecule has 52 heavy (non-hydrogen) atoms. The SMILES string of the molecule is CC(C)(C)OC(=O)Nc1nc(/C(=N/OC2(C(=O)OC(c3ccccc3)c3ccccc3)CCCC2)C(=O)N[C@@H]2C(=O)N[C@@H]2CN2CCNC2=O)cs1. The molecule has 0 spiro atoms. The number of amides is 5. The highest BCUT2D eigenvalue weighted by Crippen LogP contribution is 2.38. The van der Waals surface area contributed by atoms with Crippen molar-refractivity contribution in [2.45, 2.75) is 75.8 Å². The van der Waals surface area contributed by atoms with E-state index < -0.39 is 53.3 Å². The van der Waals surface area contributed by atoms with Crippen LogP contribution in [0.15, 0.2) is 71.2 Å². The number of aromatic nitrogens is 1. The van der Waals surface area contributed by atoms with Crippen LogP contribution in [0.1, 0.15) is 69.4 Å². The molecule has 274 valence electrons. The number of hydrogen-bond donors (Lipinski definition) is 4. The van der Waals surface area contributed by atoms with Crippen molar-refractivity contribution in [2.24, 2.45) is 5.16 Å². The van der Waals surface area contributed by atoms with Crippen molar-refractivity contribution in [3.8, 4) is 0 Å². The topological polar surface area (TPSA) is 190 Å². The first-order valence-electron chi connectivity index (χ1n) is 17.1. The molecule has 5 amide bonds. The number of β-lactam (4-membered cyclic amide) rings is 1. The van der Waals surface area contributed by atoms with Gasteiger partial charge in [-0.1, -0.05) is 65.8 Å². The van der Waals surface area contributed by atoms with Crippen LogP contribution in [0.2, 0.25) is 0 Å². The van der Waals surface area contributed by atoms with E-state index in [0.717, 1.165) is 22.5 Å². The minimum absolute atomic E-state index is 0.0247. The van der Waals surface area contributed by atoms with Gasteiger partial charge in [0.15, 0.2) is 16.9 Å². The van der Waals surface area contributed by atoms with E-state index in [1.54, 1.807) is 25.7 Å². The van der Waals surface area contributed by atoms with Crippen LogP contribution in [-0.4, -0.2) is 88.4 Å². The molecule has 3 heterocycles. The molecule has 2 atom stereocenters. The summed E-state index contributed by atoms with van der Waals surface area (Å²) in [5, 5.41) is 16.5. The lowest BCUT2D eigenvalue weighted by molar-refractivity contribution is -0.176. The molecule has 1 aromatic heterocycles. The maximum Gasteiger partial charge on any atom is 0.413 e. The first kappa shape index (κ1) is 36.3. The molecule has 1 aliphatic carbocycles. The predicted octanol–water partition coefficient (Wildman–Crippen LogP) is 3.86. The molecular formula is C36H41N7O8S. The summed E-state index contributed by atoms with van der Waals surface area (Å²) in [6.07, 6.45) is 0.410. The number of hydrogen-bond acceptors (Lipinski definition) is 11. The molecule has 2 aliphatic heterocycles. The van der Waals surface area contributed by atoms with Crippen LogP contribution in [0.3, 0.4) is 0 Å². The highest BCUT2D eigenvalue weighted by Gasteiger charge is 2.48. The Morgan fingerprint density at radius 3 is 2.27 bits per heavy atom. The number of thiazole rings is 1. The van der Waals surface area contributed by atoms with Crippen molar-refractivity contribution >= 4 is 52.1 Å². The number of nitrogens with zero attached hydrogens (tertiary/aromatic N) is 3. The number of oxime groups is 1. The van der Waals surface area contributed by atoms with Crippen LogP contribution in [0.25, 0.3) is 0 Å². The Bertz CT molecular complexity index is 1780. The summed E-state index contributed by atoms with van der Waals surface area (Å²) in [5.74, 6) is -1.88. The molecule has 0 bridgehead atoms. The molecular weight excluding hydrogens is 691 g/mol. The second-order valence-corrected chi connectivity index (χ2v) is 14.6. The van der Waals surface area contributed by atoms with Crippen LogP contribution < -0.4 is 21.3 Å². The van der Waals surface area contributed by atoms with Crippen LogP contribution in [-0.2, 0) is 28.7 Å². The van der Waals surface area contributed by atoms with Gasteiger partial charge >= 0.3 is 18.1 Å². The molecule has 2 aromatic carbocycles. The van der Waals surface area contributed by atoms with Gasteiger partial charge in [-0.3, -0.25) is 14.9 Å². The van der Waals surface area contributed by atoms with Gasteiger partial charge in [-0.05, 0) is 44.7 Å². The monoisotopic (exact) mass is 731 g/mol. The van der Waals surface area contributed by atoms with E-state index in [0.29, 0.717) is 25.9 Å². The third-order valence-electron chi connectivity index (χ3n) is 8.76. The lowest BCUT2D eigenvalue weighted by Gasteiger charge is -2.38. The molecule has 0 unspecified atom stereocenters. The largest absolute Gasteiger partial charge is 0.450 e. The number of esters is 1. The number of urea groups is 1. The van der Waals surface area contributed by atoms with Gasteiger partial charge in [0, 0.05) is 37.9 Å². The fourth-order valence-electron chi connectivity index (χ4n) is 6.14. The number of nitrogens with one attached hydrogen (secondary N) is 4. The van der Waals surface area contributed by atoms with Gasteiger partial charge in [0.1, 0.15) is 17.3 Å². The summed E-state index contributed by atoms with van der Waals surface area (Å²) < 4.78 is 11.5. The van der Waals surface area contributed by atoms with Crippen LogP contribution >= 0.6 is 11.3 Å². The molecule has 3 aromatic rings. The quantitative estimate of drug-likeness (QED) is 0.0928. The predicted molar refractivity (Wildman–Crippen MR) is 190 cm³/mol. The second kappa shape index (κ2) is 15.4. The third-order valence-corrected chi connectivity index (χ3v) is 9.51. The van der Waals surface area contributed by atoms with Gasteiger partial charge < -0.3 is 35.2 Å². The number of anilines is 1. The lowest BCUT2D eigenvalue weighted by Crippen LogP contribution is -2.72. The average Bonchev–Trinajstić information content (AvgIpc) is 3.88. The summed E-state index contributed by atoms with van der Waals surface area (Å²) in [7, 11) is 0. The molecule has 6 rings (SSSR count). The molecule has 0 radical (unpaired) electrons. The van der Waals surface area contributed by atoms with Crippen molar-refractivity contribution in [2.75, 3.05) is 25.0 Å². The number of rotatable bonds is 12. The molecule has 2 saturated heterocycles. The van der Waals surface area contributed by atoms with E-state index in [9.17, 15) is 24.0 Å². The van der Waals surface area contributed by atoms with Gasteiger partial charge in [-0.15, -0.1) is 11.3 Å². The smallest absolute Gasteiger partial charge is 0.413 e. The van der Waals surface area contributed by atoms with Gasteiger partial charge in [0.25, 0.3) is 5.91 Å². The average molecular weight is 732 g/mol. The molecule has 15 nitrogen and oxygen atoms in total. The van der Waals surface area contributed by atoms with Crippen molar-refractivity contribution in [3.05, 3.63) is 82.9 Å². The third kappa shape index (κ3) is 8.50. The molecule has 3 fully saturated rings. The Kier molecular flexibility index (Phi) is 10.7. The zero-order chi connectivity index (χ0) is 36.9. The summed E-state index contributed by atoms with van der Waals surface area (Å²) in [4.78, 5) is 77.2. The van der Waals surface area contributed by atoms with E-state index in [1.807, 2.05) is 60.7 Å². The highest BCUT2D eigenvalue weighted by atomic mass is 32.1. The second-order valence-electron chi connectivity index (χ2n) is 13.7. The van der Waals surface area contributed by atoms with E-state index in [4.69, 9.17) is 14.3 Å². The van der Waals surface area contributed by atoms with Crippen LogP contribution in [0.5, 0.6) is 0 Å². The summed E-state index contributed by atoms with van der Waals surface area (Å²) in [5.41, 5.74) is -1.04. The highest BCUT2D eigenvalue weighted by molar-refractivity contribution is 7.14. The first-order valence-corrected chi connectivity index (χ1v) is 18.0. The van der Waals surface area contributed by atoms with Gasteiger partial charge in [0.05, 0.1) is 6.04 Å². The van der Waals surface area contributed by atoms with Crippen LogP contribution in [0.4, 0.5) is 14.7 Å². The normalized spacial score (nSPS) is 19.7. The molecule has 16 heteroatoms. The number of benzene rings is 2.